The number of H-pyrrole nitrogens is 1. The molecule has 1 N–H and O–H groups in total. The molecule has 2 heterocycles. The van der Waals surface area contributed by atoms with Crippen molar-refractivity contribution < 1.29 is 9.59 Å². The summed E-state index contributed by atoms with van der Waals surface area (Å²) in [5, 5.41) is 1.74. The Morgan fingerprint density at radius 2 is 1.84 bits per heavy atom. The molecule has 0 fully saturated rings. The number of aromatic amines is 1. The van der Waals surface area contributed by atoms with Crippen LogP contribution in [0.25, 0.3) is 10.9 Å². The van der Waals surface area contributed by atoms with Crippen molar-refractivity contribution in [2.45, 2.75) is 32.7 Å². The second-order valence-corrected chi connectivity index (χ2v) is 6.95. The van der Waals surface area contributed by atoms with Gasteiger partial charge in [-0.25, -0.2) is 9.97 Å². The highest BCUT2D eigenvalue weighted by atomic mass is 32.2. The predicted molar refractivity (Wildman–Crippen MR) is 99.6 cm³/mol. The van der Waals surface area contributed by atoms with Crippen molar-refractivity contribution >= 4 is 34.2 Å². The number of carbonyl (C=O) groups is 2. The Hall–Kier alpha value is -2.47. The summed E-state index contributed by atoms with van der Waals surface area (Å²) in [7, 11) is 0. The molecule has 0 bridgehead atoms. The molecular formula is C19H19N3O2S. The van der Waals surface area contributed by atoms with Crippen LogP contribution in [0.5, 0.6) is 0 Å². The van der Waals surface area contributed by atoms with E-state index in [0.29, 0.717) is 17.1 Å². The quantitative estimate of drug-likeness (QED) is 0.425. The number of benzene rings is 1. The van der Waals surface area contributed by atoms with Gasteiger partial charge in [-0.3, -0.25) is 9.59 Å². The van der Waals surface area contributed by atoms with Gasteiger partial charge in [0.25, 0.3) is 0 Å². The van der Waals surface area contributed by atoms with Gasteiger partial charge in [-0.2, -0.15) is 0 Å². The molecule has 0 spiro atoms. The summed E-state index contributed by atoms with van der Waals surface area (Å²) in [6.45, 7) is 6.98. The number of Topliss-reactive ketones (excluding diaryl/α,β-unsaturated/α-hetero) is 2. The molecule has 6 heteroatoms. The number of fused-ring (bicyclic) bond motifs is 1. The first-order chi connectivity index (χ1) is 11.9. The molecule has 0 unspecified atom stereocenters. The van der Waals surface area contributed by atoms with Gasteiger partial charge in [0.15, 0.2) is 11.6 Å². The van der Waals surface area contributed by atoms with E-state index in [1.54, 1.807) is 0 Å². The maximum absolute atomic E-state index is 12.6. The lowest BCUT2D eigenvalue weighted by Gasteiger charge is -2.06. The van der Waals surface area contributed by atoms with Crippen molar-refractivity contribution in [3.63, 3.8) is 0 Å². The number of para-hydroxylation sites is 1. The number of nitrogens with one attached hydrogen (secondary N) is 1. The van der Waals surface area contributed by atoms with Gasteiger partial charge >= 0.3 is 0 Å². The van der Waals surface area contributed by atoms with Crippen LogP contribution >= 0.6 is 11.8 Å². The molecule has 5 nitrogen and oxygen atoms in total. The van der Waals surface area contributed by atoms with Crippen molar-refractivity contribution in [1.82, 2.24) is 15.0 Å². The Morgan fingerprint density at radius 3 is 2.52 bits per heavy atom. The number of aromatic nitrogens is 3. The smallest absolute Gasteiger partial charge is 0.189 e. The first-order valence-electron chi connectivity index (χ1n) is 7.98. The van der Waals surface area contributed by atoms with Crippen LogP contribution in [0.15, 0.2) is 29.3 Å². The molecule has 0 amide bonds. The van der Waals surface area contributed by atoms with Crippen molar-refractivity contribution in [1.29, 1.82) is 0 Å². The molecule has 2 aromatic heterocycles. The molecule has 0 aliphatic heterocycles. The van der Waals surface area contributed by atoms with Crippen molar-refractivity contribution in [2.75, 3.05) is 5.75 Å². The van der Waals surface area contributed by atoms with Crippen LogP contribution in [0.3, 0.4) is 0 Å². The summed E-state index contributed by atoms with van der Waals surface area (Å²) in [5.41, 5.74) is 3.44. The lowest BCUT2D eigenvalue weighted by Crippen LogP contribution is -2.06. The van der Waals surface area contributed by atoms with Crippen molar-refractivity contribution in [3.8, 4) is 0 Å². The maximum Gasteiger partial charge on any atom is 0.189 e. The summed E-state index contributed by atoms with van der Waals surface area (Å²) >= 11 is 1.39. The zero-order valence-corrected chi connectivity index (χ0v) is 15.5. The fourth-order valence-electron chi connectivity index (χ4n) is 3.03. The van der Waals surface area contributed by atoms with E-state index in [1.807, 2.05) is 45.0 Å². The summed E-state index contributed by atoms with van der Waals surface area (Å²) in [6, 6.07) is 7.76. The molecular weight excluding hydrogens is 334 g/mol. The molecule has 3 rings (SSSR count). The predicted octanol–water partition coefficient (Wildman–Crippen LogP) is 4.06. The topological polar surface area (TPSA) is 75.7 Å². The lowest BCUT2D eigenvalue weighted by atomic mass is 10.1. The van der Waals surface area contributed by atoms with E-state index in [4.69, 9.17) is 0 Å². The Morgan fingerprint density at radius 1 is 1.12 bits per heavy atom. The largest absolute Gasteiger partial charge is 0.355 e. The molecule has 0 aliphatic carbocycles. The van der Waals surface area contributed by atoms with E-state index in [0.717, 1.165) is 27.2 Å². The highest BCUT2D eigenvalue weighted by Gasteiger charge is 2.20. The monoisotopic (exact) mass is 353 g/mol. The van der Waals surface area contributed by atoms with E-state index in [1.165, 1.54) is 18.7 Å². The van der Waals surface area contributed by atoms with Crippen molar-refractivity contribution in [2.24, 2.45) is 0 Å². The third-order valence-corrected chi connectivity index (χ3v) is 5.08. The Kier molecular flexibility index (Phi) is 4.72. The molecule has 0 aliphatic rings. The normalized spacial score (nSPS) is 11.0. The van der Waals surface area contributed by atoms with E-state index in [-0.39, 0.29) is 17.3 Å². The number of aryl methyl sites for hydroxylation is 2. The summed E-state index contributed by atoms with van der Waals surface area (Å²) < 4.78 is 0. The number of thioether (sulfide) groups is 1. The van der Waals surface area contributed by atoms with Crippen LogP contribution in [0.4, 0.5) is 0 Å². The average molecular weight is 353 g/mol. The zero-order valence-electron chi connectivity index (χ0n) is 14.6. The zero-order chi connectivity index (χ0) is 18.1. The standard InChI is InChI=1S/C19H19N3O2S/c1-10-17(12(3)23)11(2)20-18(10)16(24)9-25-19-14-7-5-6-8-15(14)21-13(4)22-19/h5-8,20H,9H2,1-4H3. The number of hydrogen-bond acceptors (Lipinski definition) is 5. The molecule has 1 aromatic carbocycles. The second kappa shape index (κ2) is 6.80. The molecule has 3 aromatic rings. The molecule has 25 heavy (non-hydrogen) atoms. The van der Waals surface area contributed by atoms with Gasteiger partial charge in [0.1, 0.15) is 10.9 Å². The van der Waals surface area contributed by atoms with Gasteiger partial charge in [0, 0.05) is 16.6 Å². The highest BCUT2D eigenvalue weighted by Crippen LogP contribution is 2.27. The Balaban J connectivity index is 1.87. The Labute approximate surface area is 150 Å². The third kappa shape index (κ3) is 3.35. The fourth-order valence-corrected chi connectivity index (χ4v) is 3.97. The molecule has 0 saturated carbocycles. The minimum Gasteiger partial charge on any atom is -0.355 e. The summed E-state index contributed by atoms with van der Waals surface area (Å²) in [5.74, 6) is 0.853. The van der Waals surface area contributed by atoms with E-state index >= 15 is 0 Å². The van der Waals surface area contributed by atoms with Crippen LogP contribution < -0.4 is 0 Å². The van der Waals surface area contributed by atoms with Crippen LogP contribution in [0, 0.1) is 20.8 Å². The SMILES string of the molecule is CC(=O)c1c(C)[nH]c(C(=O)CSc2nc(C)nc3ccccc23)c1C. The fraction of sp³-hybridized carbons (Fsp3) is 0.263. The van der Waals surface area contributed by atoms with Gasteiger partial charge in [-0.05, 0) is 39.3 Å². The summed E-state index contributed by atoms with van der Waals surface area (Å²) in [6.07, 6.45) is 0. The number of rotatable bonds is 5. The average Bonchev–Trinajstić information content (AvgIpc) is 2.86. The van der Waals surface area contributed by atoms with Crippen molar-refractivity contribution in [3.05, 3.63) is 52.6 Å². The minimum absolute atomic E-state index is 0.0321. The molecule has 128 valence electrons. The van der Waals surface area contributed by atoms with Gasteiger partial charge < -0.3 is 4.98 Å². The van der Waals surface area contributed by atoms with Crippen LogP contribution in [-0.4, -0.2) is 32.3 Å². The van der Waals surface area contributed by atoms with Gasteiger partial charge in [0.05, 0.1) is 17.0 Å². The second-order valence-electron chi connectivity index (χ2n) is 5.99. The maximum atomic E-state index is 12.6. The third-order valence-electron chi connectivity index (χ3n) is 4.09. The molecule has 0 radical (unpaired) electrons. The Bertz CT molecular complexity index is 992. The lowest BCUT2D eigenvalue weighted by molar-refractivity contribution is 0.101. The molecule has 0 saturated heterocycles. The number of ketones is 2. The van der Waals surface area contributed by atoms with Crippen LogP contribution in [-0.2, 0) is 0 Å². The first-order valence-corrected chi connectivity index (χ1v) is 8.96. The van der Waals surface area contributed by atoms with E-state index in [2.05, 4.69) is 15.0 Å². The number of carbonyl (C=O) groups excluding carboxylic acids is 2. The summed E-state index contributed by atoms with van der Waals surface area (Å²) in [4.78, 5) is 36.3. The minimum atomic E-state index is -0.0431. The van der Waals surface area contributed by atoms with E-state index < -0.39 is 0 Å². The number of hydrogen-bond donors (Lipinski definition) is 1. The first kappa shape index (κ1) is 17.4. The highest BCUT2D eigenvalue weighted by molar-refractivity contribution is 8.00. The molecule has 0 atom stereocenters. The van der Waals surface area contributed by atoms with Gasteiger partial charge in [-0.1, -0.05) is 30.0 Å². The van der Waals surface area contributed by atoms with Gasteiger partial charge in [0.2, 0.25) is 0 Å². The van der Waals surface area contributed by atoms with Gasteiger partial charge in [-0.15, -0.1) is 0 Å². The number of nitrogens with zero attached hydrogens (tertiary/aromatic N) is 2. The van der Waals surface area contributed by atoms with Crippen LogP contribution in [0.2, 0.25) is 0 Å². The van der Waals surface area contributed by atoms with E-state index in [9.17, 15) is 9.59 Å². The van der Waals surface area contributed by atoms with Crippen LogP contribution in [0.1, 0.15) is 44.9 Å².